The third-order valence-corrected chi connectivity index (χ3v) is 6.45. The first-order chi connectivity index (χ1) is 16.5. The molecule has 3 heterocycles. The molecule has 34 heavy (non-hydrogen) atoms. The number of carbonyl (C=O) groups is 4. The van der Waals surface area contributed by atoms with Crippen molar-refractivity contribution in [2.45, 2.75) is 18.4 Å². The molecule has 3 aromatic rings. The van der Waals surface area contributed by atoms with Gasteiger partial charge in [-0.25, -0.2) is 4.79 Å². The molecule has 4 amide bonds. The summed E-state index contributed by atoms with van der Waals surface area (Å²) >= 11 is 0. The quantitative estimate of drug-likeness (QED) is 0.440. The van der Waals surface area contributed by atoms with Gasteiger partial charge in [0.15, 0.2) is 11.3 Å². The standard InChI is InChI=1S/C26H24N4O4/c31-22(18-15-21(27-16-18)23(32)29-13-7-8-14-29)17-30-24(33)26(28-25(30)34,19-9-3-1-4-10-19)20-11-5-2-6-12-20/h1-6,9-12,15-16,27H,7-8,13-14,17H2,(H,28,34). The zero-order valence-electron chi connectivity index (χ0n) is 18.5. The van der Waals surface area contributed by atoms with Crippen LogP contribution in [-0.2, 0) is 10.3 Å². The van der Waals surface area contributed by atoms with Gasteiger partial charge in [0.1, 0.15) is 5.69 Å². The van der Waals surface area contributed by atoms with Crippen LogP contribution in [0.3, 0.4) is 0 Å². The Morgan fingerprint density at radius 1 is 0.882 bits per heavy atom. The summed E-state index contributed by atoms with van der Waals surface area (Å²) in [5, 5.41) is 2.83. The van der Waals surface area contributed by atoms with Gasteiger partial charge in [-0.1, -0.05) is 60.7 Å². The molecule has 0 atom stereocenters. The third-order valence-electron chi connectivity index (χ3n) is 6.45. The van der Waals surface area contributed by atoms with Crippen molar-refractivity contribution in [3.63, 3.8) is 0 Å². The van der Waals surface area contributed by atoms with Gasteiger partial charge in [0.05, 0.1) is 6.54 Å². The Kier molecular flexibility index (Phi) is 5.49. The molecule has 8 nitrogen and oxygen atoms in total. The molecule has 2 N–H and O–H groups in total. The van der Waals surface area contributed by atoms with Crippen molar-refractivity contribution in [2.24, 2.45) is 0 Å². The number of ketones is 1. The Bertz CT molecular complexity index is 1210. The molecule has 2 saturated heterocycles. The van der Waals surface area contributed by atoms with Crippen LogP contribution in [0.15, 0.2) is 72.9 Å². The SMILES string of the molecule is O=C(CN1C(=O)NC(c2ccccc2)(c2ccccc2)C1=O)c1c[nH]c(C(=O)N2CCCC2)c1. The van der Waals surface area contributed by atoms with Crippen LogP contribution >= 0.6 is 0 Å². The molecule has 0 spiro atoms. The zero-order valence-corrected chi connectivity index (χ0v) is 18.5. The Labute approximate surface area is 196 Å². The smallest absolute Gasteiger partial charge is 0.325 e. The van der Waals surface area contributed by atoms with Crippen LogP contribution in [0.2, 0.25) is 0 Å². The second kappa shape index (κ2) is 8.62. The van der Waals surface area contributed by atoms with Gasteiger partial charge in [-0.05, 0) is 30.0 Å². The summed E-state index contributed by atoms with van der Waals surface area (Å²) in [6.07, 6.45) is 3.38. The number of H-pyrrole nitrogens is 1. The maximum Gasteiger partial charge on any atom is 0.325 e. The number of hydrogen-bond donors (Lipinski definition) is 2. The minimum absolute atomic E-state index is 0.154. The predicted molar refractivity (Wildman–Crippen MR) is 124 cm³/mol. The molecule has 8 heteroatoms. The van der Waals surface area contributed by atoms with Crippen LogP contribution in [0.25, 0.3) is 0 Å². The van der Waals surface area contributed by atoms with Crippen molar-refractivity contribution in [3.05, 3.63) is 95.3 Å². The second-order valence-electron chi connectivity index (χ2n) is 8.53. The van der Waals surface area contributed by atoms with Crippen molar-refractivity contribution < 1.29 is 19.2 Å². The number of aromatic amines is 1. The fraction of sp³-hybridized carbons (Fsp3) is 0.231. The summed E-state index contributed by atoms with van der Waals surface area (Å²) in [7, 11) is 0. The largest absolute Gasteiger partial charge is 0.356 e. The maximum absolute atomic E-state index is 13.7. The molecule has 1 aromatic heterocycles. The Balaban J connectivity index is 1.41. The van der Waals surface area contributed by atoms with Crippen LogP contribution in [0.4, 0.5) is 4.79 Å². The third kappa shape index (κ3) is 3.57. The van der Waals surface area contributed by atoms with Crippen molar-refractivity contribution >= 4 is 23.6 Å². The first-order valence-electron chi connectivity index (χ1n) is 11.3. The first kappa shape index (κ1) is 21.6. The normalized spacial score (nSPS) is 17.2. The predicted octanol–water partition coefficient (Wildman–Crippen LogP) is 2.93. The number of nitrogens with zero attached hydrogens (tertiary/aromatic N) is 2. The molecule has 2 aromatic carbocycles. The molecule has 2 aliphatic heterocycles. The average molecular weight is 457 g/mol. The van der Waals surface area contributed by atoms with Crippen LogP contribution < -0.4 is 5.32 Å². The monoisotopic (exact) mass is 456 g/mol. The van der Waals surface area contributed by atoms with Gasteiger partial charge in [0.25, 0.3) is 11.8 Å². The number of aromatic nitrogens is 1. The highest BCUT2D eigenvalue weighted by Gasteiger charge is 2.54. The van der Waals surface area contributed by atoms with Gasteiger partial charge in [-0.2, -0.15) is 0 Å². The van der Waals surface area contributed by atoms with Crippen molar-refractivity contribution in [1.29, 1.82) is 0 Å². The molecule has 172 valence electrons. The molecule has 5 rings (SSSR count). The number of amides is 4. The number of carbonyl (C=O) groups excluding carboxylic acids is 4. The number of nitrogens with one attached hydrogen (secondary N) is 2. The molecule has 2 fully saturated rings. The number of benzene rings is 2. The van der Waals surface area contributed by atoms with Crippen molar-refractivity contribution in [1.82, 2.24) is 20.1 Å². The molecular weight excluding hydrogens is 432 g/mol. The lowest BCUT2D eigenvalue weighted by Gasteiger charge is -2.27. The van der Waals surface area contributed by atoms with Gasteiger partial charge in [0.2, 0.25) is 0 Å². The molecule has 0 unspecified atom stereocenters. The van der Waals surface area contributed by atoms with E-state index in [1.165, 1.54) is 12.3 Å². The van der Waals surface area contributed by atoms with Gasteiger partial charge >= 0.3 is 6.03 Å². The number of likely N-dealkylation sites (tertiary alicyclic amines) is 1. The number of Topliss-reactive ketones (excluding diaryl/α,β-unsaturated/α-hetero) is 1. The highest BCUT2D eigenvalue weighted by atomic mass is 16.2. The molecule has 0 aliphatic carbocycles. The van der Waals surface area contributed by atoms with E-state index in [0.29, 0.717) is 29.9 Å². The van der Waals surface area contributed by atoms with Gasteiger partial charge in [-0.15, -0.1) is 0 Å². The van der Waals surface area contributed by atoms with Crippen LogP contribution in [0.1, 0.15) is 44.8 Å². The summed E-state index contributed by atoms with van der Waals surface area (Å²) in [4.78, 5) is 57.8. The summed E-state index contributed by atoms with van der Waals surface area (Å²) in [5.41, 5.74) is 0.365. The lowest BCUT2D eigenvalue weighted by molar-refractivity contribution is -0.129. The van der Waals surface area contributed by atoms with E-state index >= 15 is 0 Å². The minimum Gasteiger partial charge on any atom is -0.356 e. The van der Waals surface area contributed by atoms with E-state index in [2.05, 4.69) is 10.3 Å². The second-order valence-corrected chi connectivity index (χ2v) is 8.53. The summed E-state index contributed by atoms with van der Waals surface area (Å²) in [6.45, 7) is 0.969. The number of hydrogen-bond acceptors (Lipinski definition) is 4. The first-order valence-corrected chi connectivity index (χ1v) is 11.3. The molecule has 2 aliphatic rings. The fourth-order valence-electron chi connectivity index (χ4n) is 4.66. The van der Waals surface area contributed by atoms with Gasteiger partial charge in [0, 0.05) is 24.8 Å². The van der Waals surface area contributed by atoms with E-state index in [1.54, 1.807) is 53.4 Å². The fourth-order valence-corrected chi connectivity index (χ4v) is 4.66. The Hall–Kier alpha value is -4.20. The number of rotatable bonds is 6. The van der Waals surface area contributed by atoms with E-state index in [4.69, 9.17) is 0 Å². The maximum atomic E-state index is 13.7. The minimum atomic E-state index is -1.42. The van der Waals surface area contributed by atoms with Crippen LogP contribution in [0, 0.1) is 0 Å². The molecular formula is C26H24N4O4. The van der Waals surface area contributed by atoms with E-state index in [1.807, 2.05) is 12.1 Å². The lowest BCUT2D eigenvalue weighted by atomic mass is 9.82. The highest BCUT2D eigenvalue weighted by Crippen LogP contribution is 2.36. The Morgan fingerprint density at radius 2 is 1.47 bits per heavy atom. The lowest BCUT2D eigenvalue weighted by Crippen LogP contribution is -2.45. The van der Waals surface area contributed by atoms with Gasteiger partial charge in [-0.3, -0.25) is 19.3 Å². The molecule has 0 saturated carbocycles. The number of urea groups is 1. The number of imide groups is 1. The Morgan fingerprint density at radius 3 is 2.06 bits per heavy atom. The van der Waals surface area contributed by atoms with Crippen molar-refractivity contribution in [2.75, 3.05) is 19.6 Å². The molecule has 0 radical (unpaired) electrons. The van der Waals surface area contributed by atoms with Crippen molar-refractivity contribution in [3.8, 4) is 0 Å². The topological polar surface area (TPSA) is 103 Å². The van der Waals surface area contributed by atoms with Gasteiger partial charge < -0.3 is 15.2 Å². The van der Waals surface area contributed by atoms with E-state index in [0.717, 1.165) is 17.7 Å². The van der Waals surface area contributed by atoms with Crippen LogP contribution in [-0.4, -0.2) is 58.0 Å². The van der Waals surface area contributed by atoms with E-state index < -0.39 is 29.8 Å². The summed E-state index contributed by atoms with van der Waals surface area (Å²) in [6, 6.07) is 18.8. The zero-order chi connectivity index (χ0) is 23.7. The van der Waals surface area contributed by atoms with E-state index in [-0.39, 0.29) is 11.5 Å². The molecule has 0 bridgehead atoms. The highest BCUT2D eigenvalue weighted by molar-refractivity contribution is 6.13. The van der Waals surface area contributed by atoms with E-state index in [9.17, 15) is 19.2 Å². The summed E-state index contributed by atoms with van der Waals surface area (Å²) in [5.74, 6) is -1.11. The average Bonchev–Trinajstić information content (AvgIpc) is 3.62. The summed E-state index contributed by atoms with van der Waals surface area (Å²) < 4.78 is 0. The van der Waals surface area contributed by atoms with Crippen LogP contribution in [0.5, 0.6) is 0 Å².